The first-order valence-electron chi connectivity index (χ1n) is 11.6. The van der Waals surface area contributed by atoms with E-state index in [1.807, 2.05) is 72.8 Å². The minimum absolute atomic E-state index is 0.193. The summed E-state index contributed by atoms with van der Waals surface area (Å²) in [5.74, 6) is 0.244. The summed E-state index contributed by atoms with van der Waals surface area (Å²) < 4.78 is 46.1. The molecular weight excluding hydrogens is 479 g/mol. The van der Waals surface area contributed by atoms with Gasteiger partial charge in [-0.25, -0.2) is 0 Å². The Morgan fingerprint density at radius 1 is 0.811 bits per heavy atom. The average Bonchev–Trinajstić information content (AvgIpc) is 3.27. The van der Waals surface area contributed by atoms with Crippen LogP contribution in [0.25, 0.3) is 10.9 Å². The molecule has 0 bridgehead atoms. The molecule has 5 nitrogen and oxygen atoms in total. The fraction of sp³-hybridized carbons (Fsp3) is 0.103. The molecule has 1 amide bonds. The van der Waals surface area contributed by atoms with Crippen molar-refractivity contribution >= 4 is 22.5 Å². The van der Waals surface area contributed by atoms with Crippen LogP contribution in [0.5, 0.6) is 5.75 Å². The van der Waals surface area contributed by atoms with Crippen LogP contribution in [0.4, 0.5) is 18.9 Å². The molecule has 0 saturated carbocycles. The van der Waals surface area contributed by atoms with Gasteiger partial charge in [0.25, 0.3) is 5.91 Å². The standard InChI is InChI=1S/C29H22F3N3O2/c30-29(31,32)22-12-14-23(15-13-22)33-28(36)27-25-8-4-5-9-26(25)35(34-27)18-20-10-16-24(17-11-20)37-19-21-6-2-1-3-7-21/h1-17H,18-19H2,(H,33,36). The number of carbonyl (C=O) groups excluding carboxylic acids is 1. The van der Waals surface area contributed by atoms with Gasteiger partial charge in [-0.1, -0.05) is 60.7 Å². The highest BCUT2D eigenvalue weighted by molar-refractivity contribution is 6.11. The second kappa shape index (κ2) is 10.2. The van der Waals surface area contributed by atoms with Crippen molar-refractivity contribution in [1.82, 2.24) is 9.78 Å². The smallest absolute Gasteiger partial charge is 0.416 e. The summed E-state index contributed by atoms with van der Waals surface area (Å²) >= 11 is 0. The first kappa shape index (κ1) is 24.1. The van der Waals surface area contributed by atoms with E-state index in [4.69, 9.17) is 4.74 Å². The summed E-state index contributed by atoms with van der Waals surface area (Å²) in [6, 6.07) is 29.2. The predicted molar refractivity (Wildman–Crippen MR) is 135 cm³/mol. The molecule has 186 valence electrons. The molecule has 0 aliphatic rings. The van der Waals surface area contributed by atoms with E-state index in [1.54, 1.807) is 10.7 Å². The largest absolute Gasteiger partial charge is 0.489 e. The third kappa shape index (κ3) is 5.64. The molecule has 1 N–H and O–H groups in total. The topological polar surface area (TPSA) is 56.2 Å². The van der Waals surface area contributed by atoms with Gasteiger partial charge in [-0.3, -0.25) is 9.48 Å². The van der Waals surface area contributed by atoms with Crippen LogP contribution in [0.15, 0.2) is 103 Å². The number of fused-ring (bicyclic) bond motifs is 1. The second-order valence-corrected chi connectivity index (χ2v) is 8.47. The zero-order chi connectivity index (χ0) is 25.8. The average molecular weight is 502 g/mol. The van der Waals surface area contributed by atoms with Crippen molar-refractivity contribution in [1.29, 1.82) is 0 Å². The minimum Gasteiger partial charge on any atom is -0.489 e. The number of carbonyl (C=O) groups is 1. The van der Waals surface area contributed by atoms with Gasteiger partial charge in [0.05, 0.1) is 17.6 Å². The molecular formula is C29H22F3N3O2. The number of rotatable bonds is 7. The van der Waals surface area contributed by atoms with Crippen LogP contribution in [-0.4, -0.2) is 15.7 Å². The Hall–Kier alpha value is -4.59. The van der Waals surface area contributed by atoms with Crippen LogP contribution < -0.4 is 10.1 Å². The number of nitrogens with one attached hydrogen (secondary N) is 1. The normalized spacial score (nSPS) is 11.4. The van der Waals surface area contributed by atoms with Gasteiger partial charge in [0.1, 0.15) is 12.4 Å². The zero-order valence-corrected chi connectivity index (χ0v) is 19.6. The van der Waals surface area contributed by atoms with Crippen molar-refractivity contribution in [3.8, 4) is 5.75 Å². The molecule has 0 unspecified atom stereocenters. The Bertz CT molecular complexity index is 1510. The number of nitrogens with zero attached hydrogens (tertiary/aromatic N) is 2. The van der Waals surface area contributed by atoms with E-state index in [2.05, 4.69) is 10.4 Å². The molecule has 0 fully saturated rings. The Morgan fingerprint density at radius 2 is 1.49 bits per heavy atom. The number of benzene rings is 4. The summed E-state index contributed by atoms with van der Waals surface area (Å²) in [5, 5.41) is 7.82. The second-order valence-electron chi connectivity index (χ2n) is 8.47. The first-order valence-corrected chi connectivity index (χ1v) is 11.6. The molecule has 5 rings (SSSR count). The Labute approximate surface area is 211 Å². The van der Waals surface area contributed by atoms with E-state index in [1.165, 1.54) is 12.1 Å². The van der Waals surface area contributed by atoms with Crippen LogP contribution in [0.2, 0.25) is 0 Å². The van der Waals surface area contributed by atoms with Gasteiger partial charge >= 0.3 is 6.18 Å². The summed E-state index contributed by atoms with van der Waals surface area (Å²) in [6.45, 7) is 0.897. The molecule has 0 aliphatic carbocycles. The summed E-state index contributed by atoms with van der Waals surface area (Å²) in [6.07, 6.45) is -4.44. The maximum Gasteiger partial charge on any atom is 0.416 e. The Balaban J connectivity index is 1.31. The highest BCUT2D eigenvalue weighted by atomic mass is 19.4. The van der Waals surface area contributed by atoms with Crippen molar-refractivity contribution in [2.45, 2.75) is 19.3 Å². The molecule has 0 atom stereocenters. The minimum atomic E-state index is -4.44. The Kier molecular flexibility index (Phi) is 6.64. The molecule has 8 heteroatoms. The van der Waals surface area contributed by atoms with Gasteiger partial charge in [-0.15, -0.1) is 0 Å². The van der Waals surface area contributed by atoms with Crippen molar-refractivity contribution in [2.24, 2.45) is 0 Å². The van der Waals surface area contributed by atoms with Gasteiger partial charge in [-0.2, -0.15) is 18.3 Å². The van der Waals surface area contributed by atoms with Crippen LogP contribution >= 0.6 is 0 Å². The lowest BCUT2D eigenvalue weighted by Crippen LogP contribution is -2.14. The van der Waals surface area contributed by atoms with Gasteiger partial charge in [-0.05, 0) is 53.6 Å². The van der Waals surface area contributed by atoms with E-state index in [9.17, 15) is 18.0 Å². The van der Waals surface area contributed by atoms with Gasteiger partial charge in [0.15, 0.2) is 5.69 Å². The highest BCUT2D eigenvalue weighted by Gasteiger charge is 2.30. The number of aromatic nitrogens is 2. The van der Waals surface area contributed by atoms with E-state index >= 15 is 0 Å². The van der Waals surface area contributed by atoms with E-state index in [0.717, 1.165) is 34.5 Å². The van der Waals surface area contributed by atoms with E-state index in [0.29, 0.717) is 18.5 Å². The number of amides is 1. The fourth-order valence-electron chi connectivity index (χ4n) is 3.95. The van der Waals surface area contributed by atoms with Crippen LogP contribution in [0.3, 0.4) is 0 Å². The molecule has 0 saturated heterocycles. The molecule has 0 radical (unpaired) electrons. The third-order valence-corrected chi connectivity index (χ3v) is 5.85. The van der Waals surface area contributed by atoms with Crippen molar-refractivity contribution in [2.75, 3.05) is 5.32 Å². The molecule has 4 aromatic carbocycles. The lowest BCUT2D eigenvalue weighted by atomic mass is 10.1. The maximum atomic E-state index is 13.0. The molecule has 1 aromatic heterocycles. The SMILES string of the molecule is O=C(Nc1ccc(C(F)(F)F)cc1)c1nn(Cc2ccc(OCc3ccccc3)cc2)c2ccccc12. The van der Waals surface area contributed by atoms with Gasteiger partial charge in [0.2, 0.25) is 0 Å². The van der Waals surface area contributed by atoms with Crippen molar-refractivity contribution in [3.63, 3.8) is 0 Å². The lowest BCUT2D eigenvalue weighted by molar-refractivity contribution is -0.137. The van der Waals surface area contributed by atoms with E-state index in [-0.39, 0.29) is 11.4 Å². The fourth-order valence-corrected chi connectivity index (χ4v) is 3.95. The number of anilines is 1. The number of para-hydroxylation sites is 1. The summed E-state index contributed by atoms with van der Waals surface area (Å²) in [4.78, 5) is 13.0. The van der Waals surface area contributed by atoms with Crippen LogP contribution in [0.1, 0.15) is 27.2 Å². The molecule has 0 spiro atoms. The number of halogens is 3. The van der Waals surface area contributed by atoms with Crippen LogP contribution in [0, 0.1) is 0 Å². The maximum absolute atomic E-state index is 13.0. The highest BCUT2D eigenvalue weighted by Crippen LogP contribution is 2.30. The monoisotopic (exact) mass is 501 g/mol. The molecule has 37 heavy (non-hydrogen) atoms. The van der Waals surface area contributed by atoms with Gasteiger partial charge < -0.3 is 10.1 Å². The predicted octanol–water partition coefficient (Wildman–Crippen LogP) is 6.93. The number of alkyl halides is 3. The zero-order valence-electron chi connectivity index (χ0n) is 19.6. The number of hydrogen-bond acceptors (Lipinski definition) is 3. The van der Waals surface area contributed by atoms with Crippen LogP contribution in [-0.2, 0) is 19.3 Å². The summed E-state index contributed by atoms with van der Waals surface area (Å²) in [5.41, 5.74) is 2.48. The quantitative estimate of drug-likeness (QED) is 0.263. The summed E-state index contributed by atoms with van der Waals surface area (Å²) in [7, 11) is 0. The van der Waals surface area contributed by atoms with Crippen molar-refractivity contribution < 1.29 is 22.7 Å². The van der Waals surface area contributed by atoms with Gasteiger partial charge in [0, 0.05) is 11.1 Å². The Morgan fingerprint density at radius 3 is 2.19 bits per heavy atom. The molecule has 0 aliphatic heterocycles. The number of hydrogen-bond donors (Lipinski definition) is 1. The molecule has 5 aromatic rings. The van der Waals surface area contributed by atoms with Crippen molar-refractivity contribution in [3.05, 3.63) is 126 Å². The number of ether oxygens (including phenoxy) is 1. The third-order valence-electron chi connectivity index (χ3n) is 5.85. The lowest BCUT2D eigenvalue weighted by Gasteiger charge is -2.08. The van der Waals surface area contributed by atoms with E-state index < -0.39 is 17.6 Å². The molecule has 1 heterocycles. The first-order chi connectivity index (χ1) is 17.9.